The number of rotatable bonds is 4. The second-order valence-corrected chi connectivity index (χ2v) is 6.35. The van der Waals surface area contributed by atoms with Gasteiger partial charge in [-0.3, -0.25) is 19.3 Å². The summed E-state index contributed by atoms with van der Waals surface area (Å²) in [7, 11) is 0. The van der Waals surface area contributed by atoms with Crippen LogP contribution < -0.4 is 5.11 Å². The highest BCUT2D eigenvalue weighted by Gasteiger charge is 2.41. The molecule has 1 unspecified atom stereocenters. The molecule has 2 aromatic rings. The number of imide groups is 1. The molecule has 0 saturated heterocycles. The summed E-state index contributed by atoms with van der Waals surface area (Å²) < 4.78 is 0. The van der Waals surface area contributed by atoms with Crippen LogP contribution in [0.1, 0.15) is 36.6 Å². The molecule has 2 heterocycles. The van der Waals surface area contributed by atoms with Crippen molar-refractivity contribution in [2.75, 3.05) is 26.3 Å². The van der Waals surface area contributed by atoms with Crippen LogP contribution in [0.5, 0.6) is 0 Å². The van der Waals surface area contributed by atoms with Crippen LogP contribution >= 0.6 is 0 Å². The summed E-state index contributed by atoms with van der Waals surface area (Å²) in [4.78, 5) is 39.5. The molecule has 9 heteroatoms. The minimum Gasteiger partial charge on any atom is -0.808 e. The minimum absolute atomic E-state index is 0.0621. The van der Waals surface area contributed by atoms with E-state index in [0.717, 1.165) is 4.90 Å². The SMILES string of the molecule is O=C1c2ccc3c4c(ccc(c24)C(=O)N1CCO)C([O-])(O)N(CCO)C3=O. The van der Waals surface area contributed by atoms with Crippen molar-refractivity contribution in [3.05, 3.63) is 46.5 Å². The van der Waals surface area contributed by atoms with Crippen LogP contribution in [0.15, 0.2) is 24.3 Å². The summed E-state index contributed by atoms with van der Waals surface area (Å²) in [6, 6.07) is 5.31. The van der Waals surface area contributed by atoms with Crippen LogP contribution in [-0.2, 0) is 5.91 Å². The van der Waals surface area contributed by atoms with Crippen molar-refractivity contribution >= 4 is 28.5 Å². The van der Waals surface area contributed by atoms with Gasteiger partial charge >= 0.3 is 0 Å². The molecule has 4 rings (SSSR count). The Kier molecular flexibility index (Phi) is 3.79. The molecular weight excluding hydrogens is 356 g/mol. The van der Waals surface area contributed by atoms with Gasteiger partial charge in [0, 0.05) is 34.0 Å². The van der Waals surface area contributed by atoms with E-state index in [4.69, 9.17) is 10.2 Å². The summed E-state index contributed by atoms with van der Waals surface area (Å²) in [6.07, 6.45) is 0. The average Bonchev–Trinajstić information content (AvgIpc) is 2.65. The van der Waals surface area contributed by atoms with Crippen LogP contribution in [0.4, 0.5) is 0 Å². The standard InChI is InChI=1S/C18H15N2O7/c21-7-5-19-15(23)9-1-2-11-14-12(4-3-10(13(9)14)16(19)24)18(26,27)20(6-8-22)17(11)25/h1-4,21-22,26H,5-8H2/q-1. The van der Waals surface area contributed by atoms with Crippen molar-refractivity contribution < 1.29 is 34.8 Å². The van der Waals surface area contributed by atoms with Crippen LogP contribution in [0.3, 0.4) is 0 Å². The molecule has 3 amide bonds. The van der Waals surface area contributed by atoms with E-state index < -0.39 is 36.8 Å². The van der Waals surface area contributed by atoms with Crippen LogP contribution in [-0.4, -0.2) is 69.1 Å². The van der Waals surface area contributed by atoms with Crippen molar-refractivity contribution in [3.63, 3.8) is 0 Å². The van der Waals surface area contributed by atoms with E-state index in [-0.39, 0.29) is 46.1 Å². The molecule has 27 heavy (non-hydrogen) atoms. The second kappa shape index (κ2) is 5.83. The number of hydrogen-bond acceptors (Lipinski definition) is 7. The Morgan fingerprint density at radius 1 is 0.815 bits per heavy atom. The summed E-state index contributed by atoms with van der Waals surface area (Å²) in [5.74, 6) is -5.04. The fourth-order valence-electron chi connectivity index (χ4n) is 3.77. The quantitative estimate of drug-likeness (QED) is 0.431. The first-order chi connectivity index (χ1) is 12.8. The van der Waals surface area contributed by atoms with Gasteiger partial charge in [-0.05, 0) is 23.8 Å². The van der Waals surface area contributed by atoms with E-state index in [9.17, 15) is 24.6 Å². The van der Waals surface area contributed by atoms with Crippen molar-refractivity contribution in [2.24, 2.45) is 0 Å². The molecule has 140 valence electrons. The number of amides is 3. The van der Waals surface area contributed by atoms with Gasteiger partial charge < -0.3 is 25.3 Å². The second-order valence-electron chi connectivity index (χ2n) is 6.35. The van der Waals surface area contributed by atoms with Gasteiger partial charge in [-0.1, -0.05) is 6.07 Å². The fraction of sp³-hybridized carbons (Fsp3) is 0.278. The first kappa shape index (κ1) is 17.6. The van der Waals surface area contributed by atoms with E-state index in [0.29, 0.717) is 4.90 Å². The van der Waals surface area contributed by atoms with Gasteiger partial charge in [0.05, 0.1) is 25.7 Å². The number of β-amino-alcohol motifs (C(OH)–C–C–N with tert-alkyl or cyclic N) is 2. The van der Waals surface area contributed by atoms with Crippen molar-refractivity contribution in [2.45, 2.75) is 5.91 Å². The van der Waals surface area contributed by atoms with Gasteiger partial charge in [0.2, 0.25) is 0 Å². The van der Waals surface area contributed by atoms with Crippen molar-refractivity contribution in [1.29, 1.82) is 0 Å². The number of carbonyl (C=O) groups is 3. The first-order valence-electron chi connectivity index (χ1n) is 8.27. The molecule has 0 fully saturated rings. The maximum Gasteiger partial charge on any atom is 0.261 e. The van der Waals surface area contributed by atoms with E-state index in [1.54, 1.807) is 0 Å². The number of nitrogens with zero attached hydrogens (tertiary/aromatic N) is 2. The highest BCUT2D eigenvalue weighted by molar-refractivity contribution is 6.28. The van der Waals surface area contributed by atoms with Gasteiger partial charge in [-0.15, -0.1) is 0 Å². The van der Waals surface area contributed by atoms with Crippen molar-refractivity contribution in [3.8, 4) is 0 Å². The lowest BCUT2D eigenvalue weighted by atomic mass is 9.84. The molecular formula is C18H15N2O7-. The lowest BCUT2D eigenvalue weighted by Gasteiger charge is -2.49. The number of hydrogen-bond donors (Lipinski definition) is 3. The van der Waals surface area contributed by atoms with E-state index >= 15 is 0 Å². The smallest absolute Gasteiger partial charge is 0.261 e. The third kappa shape index (κ3) is 2.17. The summed E-state index contributed by atoms with van der Waals surface area (Å²) in [6.45, 7) is -1.47. The zero-order chi connectivity index (χ0) is 19.5. The van der Waals surface area contributed by atoms with E-state index in [1.165, 1.54) is 24.3 Å². The molecule has 3 N–H and O–H groups in total. The highest BCUT2D eigenvalue weighted by atomic mass is 16.5. The van der Waals surface area contributed by atoms with Crippen LogP contribution in [0, 0.1) is 0 Å². The molecule has 1 atom stereocenters. The molecule has 0 spiro atoms. The van der Waals surface area contributed by atoms with Gasteiger partial charge in [-0.25, -0.2) is 0 Å². The zero-order valence-electron chi connectivity index (χ0n) is 14.0. The maximum atomic E-state index is 12.9. The Hall–Kier alpha value is -2.85. The van der Waals surface area contributed by atoms with Crippen molar-refractivity contribution in [1.82, 2.24) is 9.80 Å². The normalized spacial score (nSPS) is 21.4. The minimum atomic E-state index is -2.95. The zero-order valence-corrected chi connectivity index (χ0v) is 14.0. The third-order valence-electron chi connectivity index (χ3n) is 4.95. The Morgan fingerprint density at radius 2 is 1.33 bits per heavy atom. The average molecular weight is 371 g/mol. The molecule has 0 aliphatic carbocycles. The molecule has 2 aromatic carbocycles. The summed E-state index contributed by atoms with van der Waals surface area (Å²) in [5, 5.41) is 41.8. The van der Waals surface area contributed by atoms with Gasteiger partial charge in [0.1, 0.15) is 0 Å². The Morgan fingerprint density at radius 3 is 1.89 bits per heavy atom. The molecule has 0 saturated carbocycles. The van der Waals surface area contributed by atoms with Crippen LogP contribution in [0.25, 0.3) is 10.8 Å². The lowest BCUT2D eigenvalue weighted by molar-refractivity contribution is -0.596. The largest absolute Gasteiger partial charge is 0.808 e. The number of carbonyl (C=O) groups excluding carboxylic acids is 3. The molecule has 2 aliphatic rings. The van der Waals surface area contributed by atoms with E-state index in [1.807, 2.05) is 0 Å². The molecule has 2 aliphatic heterocycles. The fourth-order valence-corrected chi connectivity index (χ4v) is 3.77. The summed E-state index contributed by atoms with van der Waals surface area (Å²) >= 11 is 0. The van der Waals surface area contributed by atoms with E-state index in [2.05, 4.69) is 0 Å². The molecule has 0 bridgehead atoms. The number of benzene rings is 2. The Labute approximate surface area is 152 Å². The van der Waals surface area contributed by atoms with Gasteiger partial charge in [0.25, 0.3) is 17.7 Å². The first-order valence-corrected chi connectivity index (χ1v) is 8.27. The number of aliphatic hydroxyl groups is 3. The molecule has 9 nitrogen and oxygen atoms in total. The van der Waals surface area contributed by atoms with Crippen LogP contribution in [0.2, 0.25) is 0 Å². The summed E-state index contributed by atoms with van der Waals surface area (Å²) in [5.41, 5.74) is 0.119. The topological polar surface area (TPSA) is 141 Å². The Balaban J connectivity index is 2.05. The molecule has 0 aromatic heterocycles. The lowest BCUT2D eigenvalue weighted by Crippen LogP contribution is -2.61. The third-order valence-corrected chi connectivity index (χ3v) is 4.95. The van der Waals surface area contributed by atoms with Gasteiger partial charge in [0.15, 0.2) is 0 Å². The number of aliphatic hydroxyl groups excluding tert-OH is 2. The Bertz CT molecular complexity index is 992. The monoisotopic (exact) mass is 371 g/mol. The predicted octanol–water partition coefficient (Wildman–Crippen LogP) is -1.66. The van der Waals surface area contributed by atoms with Gasteiger partial charge in [-0.2, -0.15) is 0 Å². The maximum absolute atomic E-state index is 12.9. The predicted molar refractivity (Wildman–Crippen MR) is 88.4 cm³/mol. The highest BCUT2D eigenvalue weighted by Crippen LogP contribution is 2.41. The molecule has 0 radical (unpaired) electrons.